The molecule has 0 bridgehead atoms. The highest BCUT2D eigenvalue weighted by Crippen LogP contribution is 2.32. The monoisotopic (exact) mass is 388 g/mol. The highest BCUT2D eigenvalue weighted by molar-refractivity contribution is 7.92. The number of carbonyl (C=O) groups is 1. The normalized spacial score (nSPS) is 13.8. The molecule has 0 radical (unpaired) electrons. The number of anilines is 2. The summed E-state index contributed by atoms with van der Waals surface area (Å²) in [6.07, 6.45) is 2.13. The smallest absolute Gasteiger partial charge is 0.259 e. The molecule has 1 aliphatic rings. The first-order chi connectivity index (χ1) is 13.0. The largest absolute Gasteiger partial charge is 0.496 e. The van der Waals surface area contributed by atoms with Gasteiger partial charge in [-0.2, -0.15) is 0 Å². The number of para-hydroxylation sites is 1. The molecule has 1 N–H and O–H groups in total. The molecule has 0 atom stereocenters. The molecule has 3 rings (SSSR count). The average Bonchev–Trinajstić information content (AvgIpc) is 2.67. The molecule has 0 aliphatic carbocycles. The van der Waals surface area contributed by atoms with Crippen LogP contribution in [-0.4, -0.2) is 33.7 Å². The first-order valence-electron chi connectivity index (χ1n) is 9.04. The van der Waals surface area contributed by atoms with E-state index in [4.69, 9.17) is 4.74 Å². The Morgan fingerprint density at radius 1 is 1.22 bits per heavy atom. The molecular weight excluding hydrogens is 364 g/mol. The van der Waals surface area contributed by atoms with Crippen molar-refractivity contribution in [2.45, 2.75) is 26.2 Å². The Morgan fingerprint density at radius 3 is 2.74 bits per heavy atom. The molecule has 1 amide bonds. The molecule has 7 heteroatoms. The van der Waals surface area contributed by atoms with Gasteiger partial charge in [0.2, 0.25) is 10.0 Å². The van der Waals surface area contributed by atoms with Crippen molar-refractivity contribution in [2.75, 3.05) is 29.0 Å². The highest BCUT2D eigenvalue weighted by Gasteiger charge is 2.27. The number of nitrogens with one attached hydrogen (secondary N) is 1. The second-order valence-electron chi connectivity index (χ2n) is 6.49. The van der Waals surface area contributed by atoms with Crippen molar-refractivity contribution in [3.8, 4) is 5.75 Å². The average molecular weight is 388 g/mol. The molecular formula is C20H24N2O4S. The van der Waals surface area contributed by atoms with E-state index in [0.29, 0.717) is 35.7 Å². The lowest BCUT2D eigenvalue weighted by Crippen LogP contribution is -2.37. The van der Waals surface area contributed by atoms with Gasteiger partial charge in [0.25, 0.3) is 5.91 Å². The lowest BCUT2D eigenvalue weighted by molar-refractivity contribution is 0.102. The predicted octanol–water partition coefficient (Wildman–Crippen LogP) is 3.44. The molecule has 2 aromatic rings. The summed E-state index contributed by atoms with van der Waals surface area (Å²) in [6, 6.07) is 12.4. The standard InChI is InChI=1S/C20H24N2O4S/c1-3-13-27(24,25)22-12-6-7-15-14-16(10-11-18(15)22)21-20(23)17-8-4-5-9-19(17)26-2/h4-5,8-11,14H,3,6-7,12-13H2,1-2H3,(H,21,23). The van der Waals surface area contributed by atoms with Crippen LogP contribution in [0.25, 0.3) is 0 Å². The van der Waals surface area contributed by atoms with E-state index in [1.54, 1.807) is 36.4 Å². The number of amides is 1. The number of hydrogen-bond acceptors (Lipinski definition) is 4. The summed E-state index contributed by atoms with van der Waals surface area (Å²) in [5, 5.41) is 2.87. The van der Waals surface area contributed by atoms with Crippen LogP contribution in [-0.2, 0) is 16.4 Å². The Kier molecular flexibility index (Phi) is 5.70. The third-order valence-electron chi connectivity index (χ3n) is 4.56. The number of benzene rings is 2. The molecule has 0 fully saturated rings. The molecule has 2 aromatic carbocycles. The number of fused-ring (bicyclic) bond motifs is 1. The van der Waals surface area contributed by atoms with E-state index in [1.807, 2.05) is 13.0 Å². The van der Waals surface area contributed by atoms with Crippen LogP contribution in [0.3, 0.4) is 0 Å². The fraction of sp³-hybridized carbons (Fsp3) is 0.350. The summed E-state index contributed by atoms with van der Waals surface area (Å²) in [6.45, 7) is 2.36. The molecule has 1 aliphatic heterocycles. The fourth-order valence-electron chi connectivity index (χ4n) is 3.33. The topological polar surface area (TPSA) is 75.7 Å². The molecule has 0 aromatic heterocycles. The van der Waals surface area contributed by atoms with Gasteiger partial charge in [-0.25, -0.2) is 8.42 Å². The second kappa shape index (κ2) is 8.00. The minimum absolute atomic E-state index is 0.138. The van der Waals surface area contributed by atoms with Gasteiger partial charge in [-0.05, 0) is 55.2 Å². The Bertz CT molecular complexity index is 941. The summed E-state index contributed by atoms with van der Waals surface area (Å²) < 4.78 is 31.8. The van der Waals surface area contributed by atoms with E-state index in [2.05, 4.69) is 5.32 Å². The van der Waals surface area contributed by atoms with E-state index < -0.39 is 10.0 Å². The number of rotatable bonds is 6. The number of sulfonamides is 1. The number of hydrogen-bond donors (Lipinski definition) is 1. The van der Waals surface area contributed by atoms with Gasteiger partial charge in [0.05, 0.1) is 24.1 Å². The predicted molar refractivity (Wildman–Crippen MR) is 107 cm³/mol. The lowest BCUT2D eigenvalue weighted by Gasteiger charge is -2.30. The second-order valence-corrected chi connectivity index (χ2v) is 8.50. The molecule has 0 saturated carbocycles. The van der Waals surface area contributed by atoms with Gasteiger partial charge < -0.3 is 10.1 Å². The minimum Gasteiger partial charge on any atom is -0.496 e. The first kappa shape index (κ1) is 19.2. The van der Waals surface area contributed by atoms with E-state index in [-0.39, 0.29) is 11.7 Å². The van der Waals surface area contributed by atoms with Gasteiger partial charge in [0.15, 0.2) is 0 Å². The molecule has 1 heterocycles. The van der Waals surface area contributed by atoms with Gasteiger partial charge in [-0.1, -0.05) is 19.1 Å². The summed E-state index contributed by atoms with van der Waals surface area (Å²) >= 11 is 0. The van der Waals surface area contributed by atoms with E-state index >= 15 is 0 Å². The van der Waals surface area contributed by atoms with Gasteiger partial charge in [-0.3, -0.25) is 9.10 Å². The van der Waals surface area contributed by atoms with Crippen LogP contribution in [0.1, 0.15) is 35.7 Å². The summed E-state index contributed by atoms with van der Waals surface area (Å²) in [5.41, 5.74) is 2.73. The molecule has 0 saturated heterocycles. The molecule has 0 unspecified atom stereocenters. The van der Waals surface area contributed by atoms with Crippen molar-refractivity contribution in [1.82, 2.24) is 0 Å². The zero-order chi connectivity index (χ0) is 19.4. The zero-order valence-electron chi connectivity index (χ0n) is 15.6. The maximum absolute atomic E-state index is 12.6. The number of nitrogens with zero attached hydrogens (tertiary/aromatic N) is 1. The van der Waals surface area contributed by atoms with Crippen molar-refractivity contribution in [1.29, 1.82) is 0 Å². The number of carbonyl (C=O) groups excluding carboxylic acids is 1. The molecule has 144 valence electrons. The number of methoxy groups -OCH3 is 1. The summed E-state index contributed by atoms with van der Waals surface area (Å²) in [7, 11) is -1.78. The number of aryl methyl sites for hydroxylation is 1. The molecule has 27 heavy (non-hydrogen) atoms. The summed E-state index contributed by atoms with van der Waals surface area (Å²) in [4.78, 5) is 12.6. The Morgan fingerprint density at radius 2 is 2.00 bits per heavy atom. The van der Waals surface area contributed by atoms with Crippen LogP contribution in [0.4, 0.5) is 11.4 Å². The lowest BCUT2D eigenvalue weighted by atomic mass is 10.0. The quantitative estimate of drug-likeness (QED) is 0.822. The summed E-state index contributed by atoms with van der Waals surface area (Å²) in [5.74, 6) is 0.377. The maximum Gasteiger partial charge on any atom is 0.259 e. The van der Waals surface area contributed by atoms with Gasteiger partial charge >= 0.3 is 0 Å². The Labute approximate surface area is 160 Å². The minimum atomic E-state index is -3.31. The SMILES string of the molecule is CCCS(=O)(=O)N1CCCc2cc(NC(=O)c3ccccc3OC)ccc21. The third-order valence-corrected chi connectivity index (χ3v) is 6.54. The van der Waals surface area contributed by atoms with Crippen LogP contribution in [0.5, 0.6) is 5.75 Å². The van der Waals surface area contributed by atoms with Crippen LogP contribution in [0.15, 0.2) is 42.5 Å². The molecule has 0 spiro atoms. The van der Waals surface area contributed by atoms with Crippen LogP contribution in [0, 0.1) is 0 Å². The van der Waals surface area contributed by atoms with Crippen molar-refractivity contribution >= 4 is 27.3 Å². The van der Waals surface area contributed by atoms with E-state index in [1.165, 1.54) is 11.4 Å². The Balaban J connectivity index is 1.85. The Hall–Kier alpha value is -2.54. The van der Waals surface area contributed by atoms with Gasteiger partial charge in [-0.15, -0.1) is 0 Å². The van der Waals surface area contributed by atoms with Crippen molar-refractivity contribution < 1.29 is 17.9 Å². The van der Waals surface area contributed by atoms with E-state index in [0.717, 1.165) is 18.4 Å². The number of ether oxygens (including phenoxy) is 1. The third kappa shape index (κ3) is 4.08. The highest BCUT2D eigenvalue weighted by atomic mass is 32.2. The zero-order valence-corrected chi connectivity index (χ0v) is 16.4. The fourth-order valence-corrected chi connectivity index (χ4v) is 4.95. The van der Waals surface area contributed by atoms with Crippen molar-refractivity contribution in [3.05, 3.63) is 53.6 Å². The first-order valence-corrected chi connectivity index (χ1v) is 10.6. The van der Waals surface area contributed by atoms with Gasteiger partial charge in [0, 0.05) is 12.2 Å². The van der Waals surface area contributed by atoms with Crippen LogP contribution < -0.4 is 14.4 Å². The van der Waals surface area contributed by atoms with Crippen molar-refractivity contribution in [3.63, 3.8) is 0 Å². The van der Waals surface area contributed by atoms with Gasteiger partial charge in [0.1, 0.15) is 5.75 Å². The van der Waals surface area contributed by atoms with E-state index in [9.17, 15) is 13.2 Å². The molecule has 6 nitrogen and oxygen atoms in total. The van der Waals surface area contributed by atoms with Crippen LogP contribution in [0.2, 0.25) is 0 Å². The maximum atomic E-state index is 12.6. The van der Waals surface area contributed by atoms with Crippen LogP contribution >= 0.6 is 0 Å². The van der Waals surface area contributed by atoms with Crippen molar-refractivity contribution in [2.24, 2.45) is 0 Å².